The van der Waals surface area contributed by atoms with Gasteiger partial charge in [-0.05, 0) is 18.3 Å². The molecule has 3 heteroatoms. The van der Waals surface area contributed by atoms with Gasteiger partial charge in [-0.15, -0.1) is 11.3 Å². The fourth-order valence-electron chi connectivity index (χ4n) is 2.40. The zero-order valence-electron chi connectivity index (χ0n) is 9.46. The van der Waals surface area contributed by atoms with Crippen LogP contribution >= 0.6 is 11.3 Å². The van der Waals surface area contributed by atoms with E-state index in [2.05, 4.69) is 17.2 Å². The summed E-state index contributed by atoms with van der Waals surface area (Å²) in [5, 5.41) is 3.57. The highest BCUT2D eigenvalue weighted by Crippen LogP contribution is 2.34. The molecule has 1 aromatic rings. The molecule has 0 bridgehead atoms. The van der Waals surface area contributed by atoms with E-state index in [1.54, 1.807) is 11.3 Å². The Kier molecular flexibility index (Phi) is 3.76. The topological polar surface area (TPSA) is 24.9 Å². The minimum Gasteiger partial charge on any atom is -0.311 e. The molecule has 1 fully saturated rings. The van der Waals surface area contributed by atoms with E-state index in [1.807, 2.05) is 11.7 Å². The molecule has 0 spiro atoms. The molecule has 0 amide bonds. The maximum absolute atomic E-state index is 4.08. The molecule has 15 heavy (non-hydrogen) atoms. The van der Waals surface area contributed by atoms with Crippen LogP contribution in [-0.4, -0.2) is 11.5 Å². The maximum Gasteiger partial charge on any atom is 0.0794 e. The summed E-state index contributed by atoms with van der Waals surface area (Å²) < 4.78 is 0. The summed E-state index contributed by atoms with van der Waals surface area (Å²) in [5.41, 5.74) is 2.45. The van der Waals surface area contributed by atoms with E-state index in [0.717, 1.165) is 13.1 Å². The summed E-state index contributed by atoms with van der Waals surface area (Å²) in [6.45, 7) is 4.57. The van der Waals surface area contributed by atoms with Crippen molar-refractivity contribution in [2.45, 2.75) is 45.6 Å². The minimum absolute atomic E-state index is 0.545. The van der Waals surface area contributed by atoms with Crippen LogP contribution in [0.1, 0.15) is 43.9 Å². The van der Waals surface area contributed by atoms with E-state index in [1.165, 1.54) is 37.0 Å². The van der Waals surface area contributed by atoms with Crippen LogP contribution in [0, 0.1) is 5.41 Å². The Morgan fingerprint density at radius 1 is 1.40 bits per heavy atom. The number of aromatic nitrogens is 1. The van der Waals surface area contributed by atoms with E-state index < -0.39 is 0 Å². The van der Waals surface area contributed by atoms with Crippen molar-refractivity contribution in [3.8, 4) is 0 Å². The first-order valence-electron chi connectivity index (χ1n) is 5.87. The van der Waals surface area contributed by atoms with Gasteiger partial charge in [-0.1, -0.05) is 26.2 Å². The zero-order chi connectivity index (χ0) is 10.6. The summed E-state index contributed by atoms with van der Waals surface area (Å²) in [6, 6.07) is 0. The van der Waals surface area contributed by atoms with E-state index in [0.29, 0.717) is 5.41 Å². The Labute approximate surface area is 96.1 Å². The smallest absolute Gasteiger partial charge is 0.0794 e. The molecule has 0 aromatic carbocycles. The number of nitrogens with zero attached hydrogens (tertiary/aromatic N) is 1. The normalized spacial score (nSPS) is 20.3. The van der Waals surface area contributed by atoms with Crippen LogP contribution in [0.5, 0.6) is 0 Å². The van der Waals surface area contributed by atoms with E-state index in [4.69, 9.17) is 0 Å². The molecule has 84 valence electrons. The summed E-state index contributed by atoms with van der Waals surface area (Å²) in [5.74, 6) is 0. The van der Waals surface area contributed by atoms with Crippen molar-refractivity contribution in [3.63, 3.8) is 0 Å². The minimum atomic E-state index is 0.545. The molecule has 1 saturated carbocycles. The molecule has 0 unspecified atom stereocenters. The lowest BCUT2D eigenvalue weighted by molar-refractivity contribution is 0.208. The highest BCUT2D eigenvalue weighted by molar-refractivity contribution is 7.09. The Morgan fingerprint density at radius 2 is 2.20 bits per heavy atom. The molecule has 0 saturated heterocycles. The summed E-state index contributed by atoms with van der Waals surface area (Å²) in [6.07, 6.45) is 9.01. The first kappa shape index (κ1) is 11.1. The molecule has 2 rings (SSSR count). The van der Waals surface area contributed by atoms with Gasteiger partial charge in [-0.3, -0.25) is 4.98 Å². The average Bonchev–Trinajstić information content (AvgIpc) is 2.71. The molecule has 0 atom stereocenters. The van der Waals surface area contributed by atoms with E-state index in [9.17, 15) is 0 Å². The number of nitrogens with one attached hydrogen (secondary N) is 1. The standard InChI is InChI=1S/C12H20N2S/c1-12(5-3-2-4-6-12)9-13-7-11-8-14-10-15-11/h8,10,13H,2-7,9H2,1H3. The van der Waals surface area contributed by atoms with Crippen LogP contribution < -0.4 is 5.32 Å². The highest BCUT2D eigenvalue weighted by Gasteiger charge is 2.25. The maximum atomic E-state index is 4.08. The SMILES string of the molecule is CC1(CNCc2cncs2)CCCCC1. The first-order valence-corrected chi connectivity index (χ1v) is 6.75. The molecule has 1 heterocycles. The first-order chi connectivity index (χ1) is 7.29. The van der Waals surface area contributed by atoms with E-state index >= 15 is 0 Å². The van der Waals surface area contributed by atoms with Gasteiger partial charge in [0.15, 0.2) is 0 Å². The average molecular weight is 224 g/mol. The van der Waals surface area contributed by atoms with Gasteiger partial charge >= 0.3 is 0 Å². The number of rotatable bonds is 4. The van der Waals surface area contributed by atoms with Gasteiger partial charge in [0, 0.05) is 24.2 Å². The lowest BCUT2D eigenvalue weighted by Crippen LogP contribution is -2.33. The quantitative estimate of drug-likeness (QED) is 0.849. The Balaban J connectivity index is 1.72. The van der Waals surface area contributed by atoms with Crippen molar-refractivity contribution in [2.24, 2.45) is 5.41 Å². The van der Waals surface area contributed by atoms with Crippen LogP contribution in [0.4, 0.5) is 0 Å². The molecular formula is C12H20N2S. The van der Waals surface area contributed by atoms with Crippen molar-refractivity contribution in [2.75, 3.05) is 6.54 Å². The second-order valence-electron chi connectivity index (χ2n) is 4.94. The number of thiazole rings is 1. The van der Waals surface area contributed by atoms with Crippen LogP contribution in [-0.2, 0) is 6.54 Å². The largest absolute Gasteiger partial charge is 0.311 e. The number of hydrogen-bond acceptors (Lipinski definition) is 3. The fourth-order valence-corrected chi connectivity index (χ4v) is 2.96. The van der Waals surface area contributed by atoms with Crippen molar-refractivity contribution in [1.82, 2.24) is 10.3 Å². The molecular weight excluding hydrogens is 204 g/mol. The molecule has 1 aliphatic rings. The van der Waals surface area contributed by atoms with Gasteiger partial charge in [0.1, 0.15) is 0 Å². The van der Waals surface area contributed by atoms with Crippen LogP contribution in [0.15, 0.2) is 11.7 Å². The fraction of sp³-hybridized carbons (Fsp3) is 0.750. The summed E-state index contributed by atoms with van der Waals surface area (Å²) in [7, 11) is 0. The van der Waals surface area contributed by atoms with Gasteiger partial charge in [-0.2, -0.15) is 0 Å². The van der Waals surface area contributed by atoms with Crippen molar-refractivity contribution >= 4 is 11.3 Å². The number of hydrogen-bond donors (Lipinski definition) is 1. The van der Waals surface area contributed by atoms with Gasteiger partial charge in [0.25, 0.3) is 0 Å². The van der Waals surface area contributed by atoms with Crippen LogP contribution in [0.2, 0.25) is 0 Å². The zero-order valence-corrected chi connectivity index (χ0v) is 10.3. The summed E-state index contributed by atoms with van der Waals surface area (Å²) in [4.78, 5) is 5.43. The highest BCUT2D eigenvalue weighted by atomic mass is 32.1. The third-order valence-electron chi connectivity index (χ3n) is 3.40. The van der Waals surface area contributed by atoms with Crippen molar-refractivity contribution in [3.05, 3.63) is 16.6 Å². The molecule has 0 radical (unpaired) electrons. The molecule has 0 aliphatic heterocycles. The molecule has 1 aromatic heterocycles. The lowest BCUT2D eigenvalue weighted by Gasteiger charge is -2.33. The second kappa shape index (κ2) is 5.08. The Morgan fingerprint density at radius 3 is 2.87 bits per heavy atom. The predicted octanol–water partition coefficient (Wildman–Crippen LogP) is 3.20. The lowest BCUT2D eigenvalue weighted by atomic mass is 9.76. The van der Waals surface area contributed by atoms with Crippen molar-refractivity contribution < 1.29 is 0 Å². The second-order valence-corrected chi connectivity index (χ2v) is 5.91. The molecule has 1 aliphatic carbocycles. The van der Waals surface area contributed by atoms with Gasteiger partial charge in [0.2, 0.25) is 0 Å². The predicted molar refractivity (Wildman–Crippen MR) is 65.0 cm³/mol. The molecule has 2 nitrogen and oxygen atoms in total. The van der Waals surface area contributed by atoms with E-state index in [-0.39, 0.29) is 0 Å². The third kappa shape index (κ3) is 3.28. The third-order valence-corrected chi connectivity index (χ3v) is 4.17. The van der Waals surface area contributed by atoms with Crippen molar-refractivity contribution in [1.29, 1.82) is 0 Å². The molecule has 1 N–H and O–H groups in total. The Bertz CT molecular complexity index is 276. The van der Waals surface area contributed by atoms with Gasteiger partial charge in [0.05, 0.1) is 5.51 Å². The van der Waals surface area contributed by atoms with Crippen LogP contribution in [0.3, 0.4) is 0 Å². The summed E-state index contributed by atoms with van der Waals surface area (Å²) >= 11 is 1.73. The monoisotopic (exact) mass is 224 g/mol. The van der Waals surface area contributed by atoms with Gasteiger partial charge < -0.3 is 5.32 Å². The van der Waals surface area contributed by atoms with Crippen LogP contribution in [0.25, 0.3) is 0 Å². The Hall–Kier alpha value is -0.410. The van der Waals surface area contributed by atoms with Gasteiger partial charge in [-0.25, -0.2) is 0 Å².